The second kappa shape index (κ2) is 5.17. The lowest BCUT2D eigenvalue weighted by atomic mass is 10.3. The number of halogens is 1. The number of aromatic hydroxyl groups is 1. The van der Waals surface area contributed by atoms with Gasteiger partial charge in [0.05, 0.1) is 0 Å². The minimum Gasteiger partial charge on any atom is -0.508 e. The molecule has 0 aromatic heterocycles. The van der Waals surface area contributed by atoms with Crippen LogP contribution in [0.25, 0.3) is 0 Å². The molecule has 4 nitrogen and oxygen atoms in total. The van der Waals surface area contributed by atoms with Crippen LogP contribution in [0.1, 0.15) is 0 Å². The maximum atomic E-state index is 9.09. The molecule has 1 aromatic rings. The zero-order valence-corrected chi connectivity index (χ0v) is 7.61. The molecular weight excluding hydrogens is 202 g/mol. The van der Waals surface area contributed by atoms with Gasteiger partial charge in [-0.25, -0.2) is 4.57 Å². The van der Waals surface area contributed by atoms with Gasteiger partial charge in [-0.05, 0) is 12.1 Å². The first-order valence-corrected chi connectivity index (χ1v) is 5.40. The van der Waals surface area contributed by atoms with Gasteiger partial charge in [-0.2, -0.15) is 0 Å². The van der Waals surface area contributed by atoms with Crippen LogP contribution in [0.3, 0.4) is 0 Å². The van der Waals surface area contributed by atoms with Gasteiger partial charge in [-0.3, -0.25) is 0 Å². The third kappa shape index (κ3) is 12.2. The van der Waals surface area contributed by atoms with E-state index in [0.29, 0.717) is 5.75 Å². The van der Waals surface area contributed by atoms with Crippen molar-refractivity contribution in [3.05, 3.63) is 30.3 Å². The Balaban J connectivity index is 0.000000217. The molecule has 0 radical (unpaired) electrons. The van der Waals surface area contributed by atoms with Gasteiger partial charge in [0.15, 0.2) is 0 Å². The van der Waals surface area contributed by atoms with Crippen LogP contribution in [-0.2, 0) is 4.57 Å². The molecule has 68 valence electrons. The van der Waals surface area contributed by atoms with Crippen LogP contribution in [0, 0.1) is 0 Å². The summed E-state index contributed by atoms with van der Waals surface area (Å²) in [7, 11) is 0. The summed E-state index contributed by atoms with van der Waals surface area (Å²) in [5.74, 6) is 0.322. The van der Waals surface area contributed by atoms with E-state index in [0.717, 1.165) is 0 Å². The fourth-order valence-corrected chi connectivity index (χ4v) is 0.428. The molecule has 3 N–H and O–H groups in total. The van der Waals surface area contributed by atoms with Gasteiger partial charge in [0.25, 0.3) is 0 Å². The molecule has 1 rings (SSSR count). The molecule has 0 amide bonds. The number of para-hydroxylation sites is 1. The van der Waals surface area contributed by atoms with E-state index >= 15 is 0 Å². The molecule has 0 fully saturated rings. The summed E-state index contributed by atoms with van der Waals surface area (Å²) in [6.07, 6.45) is 0. The van der Waals surface area contributed by atoms with Crippen LogP contribution in [-0.4, -0.2) is 14.9 Å². The first-order valence-electron chi connectivity index (χ1n) is 2.89. The zero-order valence-electron chi connectivity index (χ0n) is 5.96. The molecule has 1 aromatic carbocycles. The third-order valence-electron chi connectivity index (χ3n) is 0.756. The maximum absolute atomic E-state index is 9.09. The summed E-state index contributed by atoms with van der Waals surface area (Å²) in [6, 6.07) is 8.71. The van der Waals surface area contributed by atoms with E-state index in [-0.39, 0.29) is 0 Å². The summed E-state index contributed by atoms with van der Waals surface area (Å²) >= 11 is 4.20. The Bertz CT molecular complexity index is 249. The van der Waals surface area contributed by atoms with Crippen molar-refractivity contribution in [1.82, 2.24) is 0 Å². The normalized spacial score (nSPS) is 9.92. The van der Waals surface area contributed by atoms with Crippen molar-refractivity contribution in [3.63, 3.8) is 0 Å². The second-order valence-electron chi connectivity index (χ2n) is 1.81. The average molecular weight is 211 g/mol. The molecule has 0 spiro atoms. The predicted molar refractivity (Wildman–Crippen MR) is 46.0 cm³/mol. The summed E-state index contributed by atoms with van der Waals surface area (Å²) in [5.41, 5.74) is 0. The van der Waals surface area contributed by atoms with E-state index in [1.165, 1.54) is 0 Å². The highest BCUT2D eigenvalue weighted by Gasteiger charge is 2.01. The van der Waals surface area contributed by atoms with E-state index in [1.807, 2.05) is 6.07 Å². The molecular formula is C6H8ClO4P. The van der Waals surface area contributed by atoms with Crippen molar-refractivity contribution in [3.8, 4) is 5.75 Å². The first kappa shape index (κ1) is 11.5. The van der Waals surface area contributed by atoms with Gasteiger partial charge in [0.1, 0.15) is 5.75 Å². The lowest BCUT2D eigenvalue weighted by Crippen LogP contribution is -1.56. The summed E-state index contributed by atoms with van der Waals surface area (Å²) in [6.45, 7) is -4.17. The molecule has 6 heteroatoms. The van der Waals surface area contributed by atoms with Gasteiger partial charge in [0.2, 0.25) is 0 Å². The van der Waals surface area contributed by atoms with E-state index in [9.17, 15) is 0 Å². The number of phenolic OH excluding ortho intramolecular Hbond substituents is 1. The minimum absolute atomic E-state index is 0.322. The zero-order chi connectivity index (χ0) is 9.61. The van der Waals surface area contributed by atoms with Crippen molar-refractivity contribution >= 4 is 18.2 Å². The third-order valence-corrected chi connectivity index (χ3v) is 0.756. The van der Waals surface area contributed by atoms with Gasteiger partial charge < -0.3 is 14.9 Å². The quantitative estimate of drug-likeness (QED) is 0.570. The molecule has 0 aliphatic heterocycles. The average Bonchev–Trinajstić information content (AvgIpc) is 1.85. The molecule has 0 aliphatic rings. The first-order chi connectivity index (χ1) is 5.39. The van der Waals surface area contributed by atoms with E-state index in [1.54, 1.807) is 24.3 Å². The SMILES string of the molecule is O=P(O)(O)Cl.Oc1ccccc1. The highest BCUT2D eigenvalue weighted by atomic mass is 35.7. The number of rotatable bonds is 0. The van der Waals surface area contributed by atoms with E-state index in [2.05, 4.69) is 11.2 Å². The largest absolute Gasteiger partial charge is 0.508 e. The Morgan fingerprint density at radius 3 is 1.67 bits per heavy atom. The Morgan fingerprint density at radius 1 is 1.17 bits per heavy atom. The van der Waals surface area contributed by atoms with Crippen LogP contribution in [0.15, 0.2) is 30.3 Å². The van der Waals surface area contributed by atoms with Crippen molar-refractivity contribution in [1.29, 1.82) is 0 Å². The van der Waals surface area contributed by atoms with E-state index < -0.39 is 6.95 Å². The number of benzene rings is 1. The lowest BCUT2D eigenvalue weighted by molar-refractivity contribution is 0.395. The summed E-state index contributed by atoms with van der Waals surface area (Å²) in [5, 5.41) is 8.63. The van der Waals surface area contributed by atoms with Crippen molar-refractivity contribution < 1.29 is 19.5 Å². The standard InChI is InChI=1S/C6H6O.ClH2O3P/c7-6-4-2-1-3-5-6;1-5(2,3)4/h1-5,7H;(H2,2,3,4). The van der Waals surface area contributed by atoms with Crippen molar-refractivity contribution in [2.45, 2.75) is 0 Å². The van der Waals surface area contributed by atoms with E-state index in [4.69, 9.17) is 19.5 Å². The topological polar surface area (TPSA) is 77.8 Å². The monoisotopic (exact) mass is 210 g/mol. The maximum Gasteiger partial charge on any atom is 0.419 e. The smallest absolute Gasteiger partial charge is 0.419 e. The Morgan fingerprint density at radius 2 is 1.50 bits per heavy atom. The Kier molecular flexibility index (Phi) is 4.93. The number of hydrogen-bond acceptors (Lipinski definition) is 2. The molecule has 0 bridgehead atoms. The lowest BCUT2D eigenvalue weighted by Gasteiger charge is -1.82. The summed E-state index contributed by atoms with van der Waals surface area (Å²) in [4.78, 5) is 14.8. The minimum atomic E-state index is -4.17. The van der Waals surface area contributed by atoms with Gasteiger partial charge in [0, 0.05) is 11.2 Å². The van der Waals surface area contributed by atoms with Crippen LogP contribution >= 0.6 is 18.2 Å². The van der Waals surface area contributed by atoms with Crippen LogP contribution in [0.2, 0.25) is 0 Å². The number of hydrogen-bond donors (Lipinski definition) is 3. The highest BCUT2D eigenvalue weighted by molar-refractivity contribution is 7.79. The van der Waals surface area contributed by atoms with Crippen LogP contribution < -0.4 is 0 Å². The summed E-state index contributed by atoms with van der Waals surface area (Å²) < 4.78 is 9.09. The fraction of sp³-hybridized carbons (Fsp3) is 0. The van der Waals surface area contributed by atoms with Crippen LogP contribution in [0.5, 0.6) is 5.75 Å². The molecule has 0 heterocycles. The number of phenols is 1. The second-order valence-corrected chi connectivity index (χ2v) is 4.08. The molecule has 0 saturated heterocycles. The van der Waals surface area contributed by atoms with Gasteiger partial charge in [-0.1, -0.05) is 18.2 Å². The predicted octanol–water partition coefficient (Wildman–Crippen LogP) is 1.71. The Hall–Kier alpha value is -0.540. The molecule has 0 saturated carbocycles. The molecule has 0 atom stereocenters. The van der Waals surface area contributed by atoms with Crippen molar-refractivity contribution in [2.75, 3.05) is 0 Å². The van der Waals surface area contributed by atoms with Gasteiger partial charge >= 0.3 is 6.95 Å². The van der Waals surface area contributed by atoms with Gasteiger partial charge in [-0.15, -0.1) is 0 Å². The molecule has 12 heavy (non-hydrogen) atoms. The highest BCUT2D eigenvalue weighted by Crippen LogP contribution is 2.39. The molecule has 0 unspecified atom stereocenters. The molecule has 0 aliphatic carbocycles. The van der Waals surface area contributed by atoms with Crippen molar-refractivity contribution in [2.24, 2.45) is 0 Å². The fourth-order valence-electron chi connectivity index (χ4n) is 0.428. The Labute approximate surface area is 74.4 Å². The van der Waals surface area contributed by atoms with Crippen LogP contribution in [0.4, 0.5) is 0 Å².